The summed E-state index contributed by atoms with van der Waals surface area (Å²) in [6, 6.07) is 2.11. The second kappa shape index (κ2) is 1.99. The average molecular weight is 159 g/mol. The lowest BCUT2D eigenvalue weighted by Crippen LogP contribution is -1.67. The summed E-state index contributed by atoms with van der Waals surface area (Å²) in [5, 5.41) is 0. The zero-order chi connectivity index (χ0) is 6.27. The Morgan fingerprint density at radius 3 is 3.11 bits per heavy atom. The van der Waals surface area contributed by atoms with E-state index in [2.05, 4.69) is 6.07 Å². The van der Waals surface area contributed by atoms with Crippen molar-refractivity contribution in [3.8, 4) is 0 Å². The van der Waals surface area contributed by atoms with Gasteiger partial charge in [-0.15, -0.1) is 11.3 Å². The van der Waals surface area contributed by atoms with Gasteiger partial charge in [-0.2, -0.15) is 0 Å². The van der Waals surface area contributed by atoms with Gasteiger partial charge in [-0.3, -0.25) is 0 Å². The highest BCUT2D eigenvalue weighted by atomic mass is 35.5. The number of fused-ring (bicyclic) bond motifs is 1. The van der Waals surface area contributed by atoms with Crippen molar-refractivity contribution < 1.29 is 0 Å². The van der Waals surface area contributed by atoms with Crippen molar-refractivity contribution in [1.82, 2.24) is 0 Å². The van der Waals surface area contributed by atoms with Crippen LogP contribution in [0.5, 0.6) is 0 Å². The number of hydrogen-bond acceptors (Lipinski definition) is 1. The molecule has 1 aliphatic rings. The molecule has 9 heavy (non-hydrogen) atoms. The summed E-state index contributed by atoms with van der Waals surface area (Å²) in [5.41, 5.74) is 1.49. The topological polar surface area (TPSA) is 0 Å². The van der Waals surface area contributed by atoms with E-state index in [1.54, 1.807) is 11.3 Å². The summed E-state index contributed by atoms with van der Waals surface area (Å²) in [6.07, 6.45) is 3.84. The Balaban J connectivity index is 2.51. The van der Waals surface area contributed by atoms with Crippen LogP contribution >= 0.6 is 22.9 Å². The lowest BCUT2D eigenvalue weighted by atomic mass is 10.3. The van der Waals surface area contributed by atoms with E-state index < -0.39 is 0 Å². The maximum Gasteiger partial charge on any atom is 0.0934 e. The maximum atomic E-state index is 5.80. The monoisotopic (exact) mass is 158 g/mol. The quantitative estimate of drug-likeness (QED) is 0.545. The Hall–Kier alpha value is -0.0100. The van der Waals surface area contributed by atoms with E-state index in [4.69, 9.17) is 11.6 Å². The molecule has 1 aromatic heterocycles. The lowest BCUT2D eigenvalue weighted by Gasteiger charge is -1.79. The molecule has 0 nitrogen and oxygen atoms in total. The molecule has 0 amide bonds. The Labute approximate surface area is 63.5 Å². The lowest BCUT2D eigenvalue weighted by molar-refractivity contribution is 0.915. The predicted molar refractivity (Wildman–Crippen MR) is 41.4 cm³/mol. The van der Waals surface area contributed by atoms with Crippen molar-refractivity contribution in [2.45, 2.75) is 19.3 Å². The molecule has 0 aliphatic heterocycles. The van der Waals surface area contributed by atoms with Crippen LogP contribution in [0.1, 0.15) is 16.9 Å². The van der Waals surface area contributed by atoms with Gasteiger partial charge in [-0.25, -0.2) is 0 Å². The third-order valence-corrected chi connectivity index (χ3v) is 3.08. The van der Waals surface area contributed by atoms with Gasteiger partial charge >= 0.3 is 0 Å². The van der Waals surface area contributed by atoms with Crippen LogP contribution in [0.3, 0.4) is 0 Å². The minimum atomic E-state index is 0.958. The molecule has 0 atom stereocenters. The van der Waals surface area contributed by atoms with Gasteiger partial charge in [0.1, 0.15) is 0 Å². The molecular weight excluding hydrogens is 152 g/mol. The standard InChI is InChI=1S/C7H7ClS/c8-7-4-5-2-1-3-6(5)9-7/h4H,1-3H2. The highest BCUT2D eigenvalue weighted by molar-refractivity contribution is 7.16. The fraction of sp³-hybridized carbons (Fsp3) is 0.429. The number of thiophene rings is 1. The van der Waals surface area contributed by atoms with Crippen LogP contribution in [0.25, 0.3) is 0 Å². The second-order valence-electron chi connectivity index (χ2n) is 2.35. The molecule has 0 saturated carbocycles. The first-order valence-electron chi connectivity index (χ1n) is 3.13. The van der Waals surface area contributed by atoms with E-state index in [1.807, 2.05) is 0 Å². The first kappa shape index (κ1) is 5.75. The van der Waals surface area contributed by atoms with Gasteiger partial charge < -0.3 is 0 Å². The smallest absolute Gasteiger partial charge is 0.0934 e. The van der Waals surface area contributed by atoms with Gasteiger partial charge in [-0.05, 0) is 30.9 Å². The molecule has 2 rings (SSSR count). The summed E-state index contributed by atoms with van der Waals surface area (Å²) in [6.45, 7) is 0. The molecule has 1 aromatic rings. The zero-order valence-electron chi connectivity index (χ0n) is 4.98. The fourth-order valence-electron chi connectivity index (χ4n) is 1.29. The van der Waals surface area contributed by atoms with Crippen LogP contribution in [0.4, 0.5) is 0 Å². The van der Waals surface area contributed by atoms with Crippen LogP contribution in [0.15, 0.2) is 6.07 Å². The molecule has 0 N–H and O–H groups in total. The molecule has 0 radical (unpaired) electrons. The molecule has 1 aliphatic carbocycles. The normalized spacial score (nSPS) is 16.1. The fourth-order valence-corrected chi connectivity index (χ4v) is 2.68. The Morgan fingerprint density at radius 2 is 2.33 bits per heavy atom. The van der Waals surface area contributed by atoms with Crippen LogP contribution in [0.2, 0.25) is 4.34 Å². The molecule has 0 unspecified atom stereocenters. The SMILES string of the molecule is Clc1cc2c(s1)CCC2. The van der Waals surface area contributed by atoms with E-state index in [1.165, 1.54) is 29.7 Å². The summed E-state index contributed by atoms with van der Waals surface area (Å²) in [5.74, 6) is 0. The van der Waals surface area contributed by atoms with Gasteiger partial charge in [0, 0.05) is 4.88 Å². The Morgan fingerprint density at radius 1 is 1.44 bits per heavy atom. The molecule has 48 valence electrons. The summed E-state index contributed by atoms with van der Waals surface area (Å²) in [4.78, 5) is 1.51. The highest BCUT2D eigenvalue weighted by Crippen LogP contribution is 2.32. The molecule has 0 fully saturated rings. The first-order valence-corrected chi connectivity index (χ1v) is 4.33. The zero-order valence-corrected chi connectivity index (χ0v) is 6.56. The van der Waals surface area contributed by atoms with Crippen molar-refractivity contribution >= 4 is 22.9 Å². The van der Waals surface area contributed by atoms with E-state index in [-0.39, 0.29) is 0 Å². The largest absolute Gasteiger partial charge is 0.128 e. The first-order chi connectivity index (χ1) is 4.36. The molecule has 2 heteroatoms. The van der Waals surface area contributed by atoms with Crippen molar-refractivity contribution in [3.63, 3.8) is 0 Å². The van der Waals surface area contributed by atoms with Gasteiger partial charge in [0.05, 0.1) is 4.34 Å². The van der Waals surface area contributed by atoms with Crippen LogP contribution in [0, 0.1) is 0 Å². The predicted octanol–water partition coefficient (Wildman–Crippen LogP) is 2.89. The van der Waals surface area contributed by atoms with Crippen molar-refractivity contribution in [2.24, 2.45) is 0 Å². The third-order valence-electron chi connectivity index (χ3n) is 1.72. The van der Waals surface area contributed by atoms with Crippen LogP contribution in [-0.2, 0) is 12.8 Å². The Kier molecular flexibility index (Phi) is 1.27. The molecular formula is C7H7ClS. The molecule has 1 heterocycles. The number of aryl methyl sites for hydroxylation is 2. The molecule has 0 spiro atoms. The minimum absolute atomic E-state index is 0.958. The number of hydrogen-bond donors (Lipinski definition) is 0. The molecule has 0 aromatic carbocycles. The number of rotatable bonds is 0. The number of halogens is 1. The van der Waals surface area contributed by atoms with E-state index in [9.17, 15) is 0 Å². The summed E-state index contributed by atoms with van der Waals surface area (Å²) in [7, 11) is 0. The van der Waals surface area contributed by atoms with Gasteiger partial charge in [0.15, 0.2) is 0 Å². The van der Waals surface area contributed by atoms with Crippen molar-refractivity contribution in [3.05, 3.63) is 20.8 Å². The van der Waals surface area contributed by atoms with Crippen molar-refractivity contribution in [2.75, 3.05) is 0 Å². The van der Waals surface area contributed by atoms with Gasteiger partial charge in [0.25, 0.3) is 0 Å². The Bertz CT molecular complexity index is 205. The van der Waals surface area contributed by atoms with Crippen molar-refractivity contribution in [1.29, 1.82) is 0 Å². The van der Waals surface area contributed by atoms with E-state index >= 15 is 0 Å². The van der Waals surface area contributed by atoms with Crippen LogP contribution in [-0.4, -0.2) is 0 Å². The van der Waals surface area contributed by atoms with Gasteiger partial charge in [-0.1, -0.05) is 11.6 Å². The molecule has 0 saturated heterocycles. The maximum absolute atomic E-state index is 5.80. The van der Waals surface area contributed by atoms with Crippen LogP contribution < -0.4 is 0 Å². The molecule has 0 bridgehead atoms. The minimum Gasteiger partial charge on any atom is -0.128 e. The second-order valence-corrected chi connectivity index (χ2v) is 4.12. The van der Waals surface area contributed by atoms with Gasteiger partial charge in [0.2, 0.25) is 0 Å². The average Bonchev–Trinajstić information content (AvgIpc) is 2.22. The summed E-state index contributed by atoms with van der Waals surface area (Å²) < 4.78 is 0.958. The van der Waals surface area contributed by atoms with E-state index in [0.29, 0.717) is 0 Å². The summed E-state index contributed by atoms with van der Waals surface area (Å²) >= 11 is 7.54. The highest BCUT2D eigenvalue weighted by Gasteiger charge is 2.13. The van der Waals surface area contributed by atoms with E-state index in [0.717, 1.165) is 4.34 Å². The third kappa shape index (κ3) is 0.886.